The van der Waals surface area contributed by atoms with E-state index in [1.54, 1.807) is 47.4 Å². The molecule has 1 aliphatic heterocycles. The summed E-state index contributed by atoms with van der Waals surface area (Å²) in [6, 6.07) is 45.1. The van der Waals surface area contributed by atoms with Gasteiger partial charge in [-0.15, -0.1) is 0 Å². The molecule has 0 spiro atoms. The molecule has 4 atom stereocenters. The van der Waals surface area contributed by atoms with E-state index in [0.717, 1.165) is 22.2 Å². The van der Waals surface area contributed by atoms with Gasteiger partial charge in [0.2, 0.25) is 11.9 Å². The number of nitrogens with zero attached hydrogens (tertiary/aromatic N) is 4. The third-order valence-corrected chi connectivity index (χ3v) is 11.1. The molecule has 0 aliphatic carbocycles. The predicted octanol–water partition coefficient (Wildman–Crippen LogP) is 7.33. The van der Waals surface area contributed by atoms with Crippen LogP contribution >= 0.6 is 0 Å². The lowest BCUT2D eigenvalue weighted by atomic mass is 9.90. The molecular formula is C48H42N8O5. The first-order chi connectivity index (χ1) is 29.8. The van der Waals surface area contributed by atoms with Gasteiger partial charge in [0.05, 0.1) is 34.2 Å². The Morgan fingerprint density at radius 2 is 1.03 bits per heavy atom. The average Bonchev–Trinajstić information content (AvgIpc) is 3.89. The van der Waals surface area contributed by atoms with Crippen LogP contribution in [0.15, 0.2) is 158 Å². The first kappa shape index (κ1) is 38.9. The number of carbonyl (C=O) groups is 3. The van der Waals surface area contributed by atoms with Gasteiger partial charge in [-0.3, -0.25) is 25.1 Å². The van der Waals surface area contributed by atoms with E-state index >= 15 is 4.79 Å². The van der Waals surface area contributed by atoms with Crippen LogP contribution in [0, 0.1) is 0 Å². The number of nitrogens with one attached hydrogen (secondary N) is 4. The molecule has 2 aromatic heterocycles. The minimum Gasteiger partial charge on any atom is -0.388 e. The number of hydrogen-bond acceptors (Lipinski definition) is 7. The van der Waals surface area contributed by atoms with Gasteiger partial charge < -0.3 is 25.1 Å². The van der Waals surface area contributed by atoms with Crippen molar-refractivity contribution in [3.05, 3.63) is 186 Å². The summed E-state index contributed by atoms with van der Waals surface area (Å²) >= 11 is 0. The number of amides is 4. The molecule has 9 rings (SSSR count). The van der Waals surface area contributed by atoms with Crippen molar-refractivity contribution in [2.45, 2.75) is 43.7 Å². The standard InChI is InChI=1S/C48H42N8O5/c57-42-40(26-30-13-3-1-4-14-30)55(29-32-17-11-18-33(25-32)44(59)53-46-49-36-21-7-8-22-37(36)50-46)48(61)56(41(43(42)58)27-31-15-5-2-6-16-31)35-20-12-19-34(28-35)45(60)54-47-51-38-23-9-10-24-39(38)52-47/h1-25,28,40-43,57-58H,26-27,29H2,(H2,49,50,53,59)(H2,51,52,54,60)/t40-,41-,42+,43+/m1/s1. The molecule has 0 bridgehead atoms. The van der Waals surface area contributed by atoms with Gasteiger partial charge in [-0.25, -0.2) is 14.8 Å². The summed E-state index contributed by atoms with van der Waals surface area (Å²) in [4.78, 5) is 61.1. The Morgan fingerprint density at radius 3 is 1.61 bits per heavy atom. The van der Waals surface area contributed by atoms with Crippen molar-refractivity contribution >= 4 is 57.5 Å². The molecule has 1 aliphatic rings. The van der Waals surface area contributed by atoms with Gasteiger partial charge in [-0.05, 0) is 84.1 Å². The van der Waals surface area contributed by atoms with Crippen molar-refractivity contribution < 1.29 is 24.6 Å². The zero-order chi connectivity index (χ0) is 41.9. The number of aliphatic hydroxyl groups excluding tert-OH is 2. The smallest absolute Gasteiger partial charge is 0.325 e. The number of H-pyrrole nitrogens is 2. The maximum atomic E-state index is 15.5. The Labute approximate surface area is 350 Å². The number of urea groups is 1. The SMILES string of the molecule is O=C(Nc1nc2ccccc2[nH]1)c1cccc(CN2C(=O)N(c3cccc(C(=O)Nc4nc5ccccc5[nH]4)c3)[C@H](Cc3ccccc3)[C@H](O)[C@@H](O)[C@H]2Cc2ccccc2)c1. The fourth-order valence-electron chi connectivity index (χ4n) is 8.04. The van der Waals surface area contributed by atoms with Gasteiger partial charge in [0.15, 0.2) is 0 Å². The van der Waals surface area contributed by atoms with Crippen LogP contribution < -0.4 is 15.5 Å². The normalized spacial score (nSPS) is 18.0. The van der Waals surface area contributed by atoms with Crippen molar-refractivity contribution in [2.24, 2.45) is 0 Å². The molecule has 4 amide bonds. The van der Waals surface area contributed by atoms with Gasteiger partial charge in [0.1, 0.15) is 12.2 Å². The van der Waals surface area contributed by atoms with Gasteiger partial charge in [-0.1, -0.05) is 103 Å². The molecule has 13 nitrogen and oxygen atoms in total. The van der Waals surface area contributed by atoms with Crippen molar-refractivity contribution in [1.82, 2.24) is 24.8 Å². The number of aromatic amines is 2. The molecule has 304 valence electrons. The van der Waals surface area contributed by atoms with Gasteiger partial charge >= 0.3 is 6.03 Å². The summed E-state index contributed by atoms with van der Waals surface area (Å²) in [5.74, 6) is -0.291. The number of fused-ring (bicyclic) bond motifs is 2. The van der Waals surface area contributed by atoms with E-state index in [9.17, 15) is 19.8 Å². The van der Waals surface area contributed by atoms with E-state index in [0.29, 0.717) is 33.8 Å². The van der Waals surface area contributed by atoms with Crippen LogP contribution in [0.1, 0.15) is 37.4 Å². The lowest BCUT2D eigenvalue weighted by molar-refractivity contribution is -0.0291. The molecule has 1 fully saturated rings. The van der Waals surface area contributed by atoms with Crippen molar-refractivity contribution in [1.29, 1.82) is 0 Å². The molecule has 6 N–H and O–H groups in total. The maximum Gasteiger partial charge on any atom is 0.325 e. The molecular weight excluding hydrogens is 769 g/mol. The zero-order valence-corrected chi connectivity index (χ0v) is 32.8. The topological polar surface area (TPSA) is 180 Å². The highest BCUT2D eigenvalue weighted by Crippen LogP contribution is 2.33. The molecule has 6 aromatic carbocycles. The van der Waals surface area contributed by atoms with Crippen LogP contribution in [-0.2, 0) is 19.4 Å². The molecule has 3 heterocycles. The molecule has 0 radical (unpaired) electrons. The Balaban J connectivity index is 1.08. The molecule has 61 heavy (non-hydrogen) atoms. The summed E-state index contributed by atoms with van der Waals surface area (Å²) in [6.07, 6.45) is -2.40. The molecule has 1 saturated heterocycles. The molecule has 8 aromatic rings. The number of imidazole rings is 2. The second kappa shape index (κ2) is 16.9. The first-order valence-corrected chi connectivity index (χ1v) is 20.0. The van der Waals surface area contributed by atoms with Crippen molar-refractivity contribution in [2.75, 3.05) is 15.5 Å². The van der Waals surface area contributed by atoms with Gasteiger partial charge in [0, 0.05) is 23.4 Å². The number of rotatable bonds is 11. The summed E-state index contributed by atoms with van der Waals surface area (Å²) in [6.45, 7) is -0.0212. The number of aromatic nitrogens is 4. The molecule has 0 unspecified atom stereocenters. The van der Waals surface area contributed by atoms with Crippen LogP contribution in [0.5, 0.6) is 0 Å². The average molecular weight is 811 g/mol. The number of carbonyl (C=O) groups excluding carboxylic acids is 3. The Kier molecular flexibility index (Phi) is 10.8. The number of hydrogen-bond donors (Lipinski definition) is 6. The number of para-hydroxylation sites is 4. The second-order valence-electron chi connectivity index (χ2n) is 15.1. The Hall–Kier alpha value is -7.61. The summed E-state index contributed by atoms with van der Waals surface area (Å²) in [5, 5.41) is 30.2. The molecule has 13 heteroatoms. The van der Waals surface area contributed by atoms with E-state index in [2.05, 4.69) is 30.6 Å². The van der Waals surface area contributed by atoms with Crippen LogP contribution in [-0.4, -0.2) is 77.2 Å². The third-order valence-electron chi connectivity index (χ3n) is 11.1. The summed E-state index contributed by atoms with van der Waals surface area (Å²) in [5.41, 5.74) is 6.19. The minimum atomic E-state index is -1.42. The van der Waals surface area contributed by atoms with E-state index < -0.39 is 42.1 Å². The van der Waals surface area contributed by atoms with Crippen LogP contribution in [0.2, 0.25) is 0 Å². The van der Waals surface area contributed by atoms with Crippen LogP contribution in [0.4, 0.5) is 22.4 Å². The summed E-state index contributed by atoms with van der Waals surface area (Å²) < 4.78 is 0. The number of aliphatic hydroxyl groups is 2. The van der Waals surface area contributed by atoms with Crippen molar-refractivity contribution in [3.63, 3.8) is 0 Å². The quantitative estimate of drug-likeness (QED) is 0.0792. The van der Waals surface area contributed by atoms with Crippen LogP contribution in [0.25, 0.3) is 22.1 Å². The van der Waals surface area contributed by atoms with Crippen molar-refractivity contribution in [3.8, 4) is 0 Å². The third kappa shape index (κ3) is 8.33. The van der Waals surface area contributed by atoms with Gasteiger partial charge in [-0.2, -0.15) is 0 Å². The van der Waals surface area contributed by atoms with Crippen LogP contribution in [0.3, 0.4) is 0 Å². The molecule has 0 saturated carbocycles. The highest BCUT2D eigenvalue weighted by Gasteiger charge is 2.47. The highest BCUT2D eigenvalue weighted by atomic mass is 16.3. The van der Waals surface area contributed by atoms with E-state index in [-0.39, 0.29) is 30.9 Å². The highest BCUT2D eigenvalue weighted by molar-refractivity contribution is 6.06. The predicted molar refractivity (Wildman–Crippen MR) is 234 cm³/mol. The number of benzene rings is 6. The fourth-order valence-corrected chi connectivity index (χ4v) is 8.04. The Morgan fingerprint density at radius 1 is 0.557 bits per heavy atom. The lowest BCUT2D eigenvalue weighted by Crippen LogP contribution is -2.51. The zero-order valence-electron chi connectivity index (χ0n) is 32.8. The first-order valence-electron chi connectivity index (χ1n) is 20.0. The maximum absolute atomic E-state index is 15.5. The fraction of sp³-hybridized carbons (Fsp3) is 0.146. The van der Waals surface area contributed by atoms with Gasteiger partial charge in [0.25, 0.3) is 11.8 Å². The minimum absolute atomic E-state index is 0.0212. The summed E-state index contributed by atoms with van der Waals surface area (Å²) in [7, 11) is 0. The Bertz CT molecular complexity index is 2780. The second-order valence-corrected chi connectivity index (χ2v) is 15.1. The largest absolute Gasteiger partial charge is 0.388 e. The van der Waals surface area contributed by atoms with E-state index in [4.69, 9.17) is 0 Å². The van der Waals surface area contributed by atoms with E-state index in [1.807, 2.05) is 115 Å². The number of anilines is 3. The van der Waals surface area contributed by atoms with E-state index in [1.165, 1.54) is 4.90 Å². The lowest BCUT2D eigenvalue weighted by Gasteiger charge is -2.36. The monoisotopic (exact) mass is 810 g/mol.